The second kappa shape index (κ2) is 11.5. The number of hydrogen-bond acceptors (Lipinski definition) is 6. The summed E-state index contributed by atoms with van der Waals surface area (Å²) in [5.41, 5.74) is 9.18. The molecule has 11 heteroatoms. The average molecular weight is 662 g/mol. The number of aryl methyl sites for hydroxylation is 1. The number of hydrogen-bond donors (Lipinski definition) is 2. The monoisotopic (exact) mass is 660 g/mol. The van der Waals surface area contributed by atoms with E-state index in [-0.39, 0.29) is 16.4 Å². The van der Waals surface area contributed by atoms with Crippen molar-refractivity contribution in [2.45, 2.75) is 50.0 Å². The third kappa shape index (κ3) is 5.62. The number of nitrogens with one attached hydrogen (secondary N) is 1. The minimum Gasteiger partial charge on any atom is -0.455 e. The zero-order valence-corrected chi connectivity index (χ0v) is 25.7. The van der Waals surface area contributed by atoms with Crippen molar-refractivity contribution in [3.63, 3.8) is 0 Å². The number of nitrogens with zero attached hydrogens (tertiary/aromatic N) is 2. The molecule has 0 unspecified atom stereocenters. The van der Waals surface area contributed by atoms with E-state index >= 15 is 0 Å². The molecule has 9 nitrogen and oxygen atoms in total. The van der Waals surface area contributed by atoms with Crippen LogP contribution in [0.25, 0.3) is 22.3 Å². The molecular formula is C32H29BrN4O5S. The Labute approximate surface area is 257 Å². The van der Waals surface area contributed by atoms with Gasteiger partial charge < -0.3 is 14.7 Å². The van der Waals surface area contributed by atoms with E-state index in [1.54, 1.807) is 42.5 Å². The van der Waals surface area contributed by atoms with Crippen LogP contribution in [0, 0.1) is 0 Å². The topological polar surface area (TPSA) is 137 Å². The number of amides is 2. The number of carbonyl (C=O) groups is 2. The quantitative estimate of drug-likeness (QED) is 0.184. The van der Waals surface area contributed by atoms with Crippen LogP contribution in [-0.4, -0.2) is 29.8 Å². The van der Waals surface area contributed by atoms with Gasteiger partial charge in [0.2, 0.25) is 0 Å². The first-order valence-corrected chi connectivity index (χ1v) is 16.3. The summed E-state index contributed by atoms with van der Waals surface area (Å²) in [5, 5.41) is 0.764. The maximum absolute atomic E-state index is 13.2. The highest BCUT2D eigenvalue weighted by molar-refractivity contribution is 9.10. The highest BCUT2D eigenvalue weighted by atomic mass is 79.9. The van der Waals surface area contributed by atoms with Crippen LogP contribution in [0.2, 0.25) is 0 Å². The van der Waals surface area contributed by atoms with E-state index in [4.69, 9.17) is 15.1 Å². The Morgan fingerprint density at radius 1 is 1.07 bits per heavy atom. The number of nitrogens with two attached hydrogens (primary N) is 1. The lowest BCUT2D eigenvalue weighted by molar-refractivity contribution is 0.0976. The lowest BCUT2D eigenvalue weighted by Gasteiger charge is -2.11. The van der Waals surface area contributed by atoms with E-state index in [9.17, 15) is 18.0 Å². The molecule has 0 saturated heterocycles. The number of rotatable bonds is 10. The van der Waals surface area contributed by atoms with Gasteiger partial charge in [-0.1, -0.05) is 49.4 Å². The van der Waals surface area contributed by atoms with E-state index in [1.807, 2.05) is 22.8 Å². The minimum atomic E-state index is -4.08. The molecule has 0 spiro atoms. The number of primary amides is 1. The Bertz CT molecular complexity index is 1980. The molecule has 6 rings (SSSR count). The van der Waals surface area contributed by atoms with Gasteiger partial charge >= 0.3 is 0 Å². The third-order valence-corrected chi connectivity index (χ3v) is 9.61. The van der Waals surface area contributed by atoms with E-state index in [1.165, 1.54) is 12.1 Å². The summed E-state index contributed by atoms with van der Waals surface area (Å²) >= 11 is 3.66. The fraction of sp³-hybridized carbons (Fsp3) is 0.219. The van der Waals surface area contributed by atoms with Crippen molar-refractivity contribution in [1.29, 1.82) is 0 Å². The number of carbonyl (C=O) groups excluding carboxylic acids is 2. The molecule has 2 aromatic heterocycles. The van der Waals surface area contributed by atoms with Crippen LogP contribution in [0.1, 0.15) is 70.0 Å². The standard InChI is InChI=1S/C32H29BrN4O5S/c1-2-8-26-35-28(20-14-15-20)29(31(34)38)37(26)18-19-13-16-25-24(17-19)27(33)30(42-25)22-11-6-7-12-23(22)32(39)36-43(40,41)21-9-4-3-5-10-21/h3-7,9-13,16-17,20H,2,8,14-15,18H2,1H3,(H2,34,38)(H,36,39). The first-order chi connectivity index (χ1) is 20.7. The summed E-state index contributed by atoms with van der Waals surface area (Å²) in [7, 11) is -4.08. The molecule has 1 saturated carbocycles. The van der Waals surface area contributed by atoms with Crippen molar-refractivity contribution in [2.24, 2.45) is 5.73 Å². The number of furan rings is 1. The van der Waals surface area contributed by atoms with Crippen LogP contribution in [0.15, 0.2) is 86.6 Å². The maximum Gasteiger partial charge on any atom is 0.267 e. The molecule has 0 aliphatic heterocycles. The number of halogens is 1. The molecule has 5 aromatic rings. The van der Waals surface area contributed by atoms with Crippen LogP contribution in [0.4, 0.5) is 0 Å². The first-order valence-electron chi connectivity index (χ1n) is 14.0. The first kappa shape index (κ1) is 28.9. The van der Waals surface area contributed by atoms with Crippen molar-refractivity contribution in [1.82, 2.24) is 14.3 Å². The van der Waals surface area contributed by atoms with E-state index in [2.05, 4.69) is 27.6 Å². The normalized spacial score (nSPS) is 13.3. The van der Waals surface area contributed by atoms with Crippen LogP contribution in [0.5, 0.6) is 0 Å². The molecule has 1 fully saturated rings. The highest BCUT2D eigenvalue weighted by Gasteiger charge is 2.33. The van der Waals surface area contributed by atoms with Gasteiger partial charge in [-0.25, -0.2) is 18.1 Å². The fourth-order valence-electron chi connectivity index (χ4n) is 5.29. The van der Waals surface area contributed by atoms with E-state index in [0.29, 0.717) is 33.6 Å². The van der Waals surface area contributed by atoms with Gasteiger partial charge in [-0.3, -0.25) is 9.59 Å². The largest absolute Gasteiger partial charge is 0.455 e. The summed E-state index contributed by atoms with van der Waals surface area (Å²) in [6.07, 6.45) is 3.64. The molecule has 2 heterocycles. The minimum absolute atomic E-state index is 0.0120. The molecule has 2 amide bonds. The van der Waals surface area contributed by atoms with Crippen molar-refractivity contribution < 1.29 is 22.4 Å². The fourth-order valence-corrected chi connectivity index (χ4v) is 6.88. The van der Waals surface area contributed by atoms with Crippen LogP contribution >= 0.6 is 15.9 Å². The number of fused-ring (bicyclic) bond motifs is 1. The third-order valence-electron chi connectivity index (χ3n) is 7.47. The van der Waals surface area contributed by atoms with Crippen molar-refractivity contribution in [2.75, 3.05) is 0 Å². The Morgan fingerprint density at radius 3 is 2.49 bits per heavy atom. The number of aromatic nitrogens is 2. The number of benzene rings is 3. The molecule has 0 radical (unpaired) electrons. The molecule has 1 aliphatic carbocycles. The van der Waals surface area contributed by atoms with Gasteiger partial charge in [-0.2, -0.15) is 0 Å². The van der Waals surface area contributed by atoms with Gasteiger partial charge in [0.05, 0.1) is 20.6 Å². The van der Waals surface area contributed by atoms with Gasteiger partial charge in [0.1, 0.15) is 22.9 Å². The van der Waals surface area contributed by atoms with Gasteiger partial charge in [0.15, 0.2) is 0 Å². The molecule has 3 N–H and O–H groups in total. The van der Waals surface area contributed by atoms with Crippen LogP contribution in [0.3, 0.4) is 0 Å². The lowest BCUT2D eigenvalue weighted by Crippen LogP contribution is -2.30. The summed E-state index contributed by atoms with van der Waals surface area (Å²) in [5.74, 6) is 0.261. The molecule has 43 heavy (non-hydrogen) atoms. The predicted octanol–water partition coefficient (Wildman–Crippen LogP) is 6.15. The SMILES string of the molecule is CCCc1nc(C2CC2)c(C(N)=O)n1Cc1ccc2oc(-c3ccccc3C(=O)NS(=O)(=O)c3ccccc3)c(Br)c2c1. The summed E-state index contributed by atoms with van der Waals surface area (Å²) in [6, 6.07) is 20.1. The van der Waals surface area contributed by atoms with Crippen LogP contribution < -0.4 is 10.5 Å². The zero-order chi connectivity index (χ0) is 30.3. The van der Waals surface area contributed by atoms with Gasteiger partial charge in [0, 0.05) is 29.8 Å². The number of sulfonamides is 1. The number of imidazole rings is 1. The molecule has 220 valence electrons. The zero-order valence-electron chi connectivity index (χ0n) is 23.3. The Morgan fingerprint density at radius 2 is 1.79 bits per heavy atom. The smallest absolute Gasteiger partial charge is 0.267 e. The molecular weight excluding hydrogens is 632 g/mol. The molecule has 3 aromatic carbocycles. The van der Waals surface area contributed by atoms with Gasteiger partial charge in [-0.15, -0.1) is 0 Å². The molecule has 0 atom stereocenters. The Hall–Kier alpha value is -4.22. The predicted molar refractivity (Wildman–Crippen MR) is 166 cm³/mol. The summed E-state index contributed by atoms with van der Waals surface area (Å²) in [6.45, 7) is 2.48. The van der Waals surface area contributed by atoms with Crippen molar-refractivity contribution in [3.05, 3.63) is 106 Å². The highest BCUT2D eigenvalue weighted by Crippen LogP contribution is 2.42. The van der Waals surface area contributed by atoms with Gasteiger partial charge in [-0.05, 0) is 71.1 Å². The van der Waals surface area contributed by atoms with E-state index < -0.39 is 21.8 Å². The Balaban J connectivity index is 1.35. The molecule has 1 aliphatic rings. The Kier molecular flexibility index (Phi) is 7.70. The maximum atomic E-state index is 13.2. The van der Waals surface area contributed by atoms with E-state index in [0.717, 1.165) is 48.2 Å². The average Bonchev–Trinajstić information content (AvgIpc) is 3.71. The lowest BCUT2D eigenvalue weighted by atomic mass is 10.0. The van der Waals surface area contributed by atoms with Crippen molar-refractivity contribution in [3.8, 4) is 11.3 Å². The molecule has 0 bridgehead atoms. The van der Waals surface area contributed by atoms with Crippen molar-refractivity contribution >= 4 is 48.7 Å². The van der Waals surface area contributed by atoms with Gasteiger partial charge in [0.25, 0.3) is 21.8 Å². The summed E-state index contributed by atoms with van der Waals surface area (Å²) in [4.78, 5) is 30.6. The second-order valence-electron chi connectivity index (χ2n) is 10.6. The van der Waals surface area contributed by atoms with Crippen LogP contribution in [-0.2, 0) is 23.0 Å². The summed E-state index contributed by atoms with van der Waals surface area (Å²) < 4.78 is 36.6. The second-order valence-corrected chi connectivity index (χ2v) is 13.1.